The molecule has 6 nitrogen and oxygen atoms in total. The van der Waals surface area contributed by atoms with Crippen molar-refractivity contribution in [2.45, 2.75) is 20.4 Å². The molecule has 1 amide bonds. The Morgan fingerprint density at radius 2 is 1.84 bits per heavy atom. The lowest BCUT2D eigenvalue weighted by atomic mass is 10.2. The Hall–Kier alpha value is -2.31. The number of aryl methyl sites for hydroxylation is 2. The quantitative estimate of drug-likeness (QED) is 0.750. The molecule has 0 aliphatic carbocycles. The highest BCUT2D eigenvalue weighted by Gasteiger charge is 2.18. The molecular weight excluding hydrogens is 361 g/mol. The molecule has 0 saturated heterocycles. The fourth-order valence-corrected chi connectivity index (χ4v) is 3.16. The molecule has 0 aliphatic rings. The summed E-state index contributed by atoms with van der Waals surface area (Å²) in [5, 5.41) is 12.6. The molecule has 1 N–H and O–H groups in total. The number of carbonyl (C=O) groups excluding carboxylic acids is 1. The Kier molecular flexibility index (Phi) is 4.83. The van der Waals surface area contributed by atoms with Crippen LogP contribution in [0.5, 0.6) is 0 Å². The van der Waals surface area contributed by atoms with Gasteiger partial charge in [0, 0.05) is 40.6 Å². The maximum Gasteiger partial charge on any atom is 0.260 e. The van der Waals surface area contributed by atoms with Crippen LogP contribution in [0.3, 0.4) is 0 Å². The lowest BCUT2D eigenvalue weighted by molar-refractivity contribution is 0.102. The SMILES string of the molecule is Cc1nn(C)c(C)c1C(=O)Nc1ccn(Cc2c(Cl)cccc2Cl)n1. The molecule has 3 aromatic rings. The average Bonchev–Trinajstić information content (AvgIpc) is 3.08. The number of benzene rings is 1. The summed E-state index contributed by atoms with van der Waals surface area (Å²) in [6.07, 6.45) is 1.76. The average molecular weight is 378 g/mol. The molecular formula is C17H17Cl2N5O. The van der Waals surface area contributed by atoms with Gasteiger partial charge in [-0.25, -0.2) is 0 Å². The normalized spacial score (nSPS) is 10.9. The van der Waals surface area contributed by atoms with Crippen molar-refractivity contribution in [3.05, 3.63) is 63.0 Å². The van der Waals surface area contributed by atoms with E-state index in [9.17, 15) is 4.79 Å². The number of hydrogen-bond donors (Lipinski definition) is 1. The van der Waals surface area contributed by atoms with Gasteiger partial charge in [-0.3, -0.25) is 14.2 Å². The minimum absolute atomic E-state index is 0.232. The molecule has 2 aromatic heterocycles. The lowest BCUT2D eigenvalue weighted by Gasteiger charge is -2.07. The van der Waals surface area contributed by atoms with Crippen molar-refractivity contribution in [2.75, 3.05) is 5.32 Å². The van der Waals surface area contributed by atoms with E-state index in [1.807, 2.05) is 6.92 Å². The van der Waals surface area contributed by atoms with Gasteiger partial charge in [0.05, 0.1) is 17.8 Å². The van der Waals surface area contributed by atoms with E-state index in [-0.39, 0.29) is 5.91 Å². The second kappa shape index (κ2) is 6.90. The molecule has 0 spiro atoms. The highest BCUT2D eigenvalue weighted by atomic mass is 35.5. The first kappa shape index (κ1) is 17.5. The number of nitrogens with zero attached hydrogens (tertiary/aromatic N) is 4. The second-order valence-corrected chi connectivity index (χ2v) is 6.54. The predicted octanol–water partition coefficient (Wildman–Crippen LogP) is 3.84. The maximum atomic E-state index is 12.5. The minimum atomic E-state index is -0.232. The highest BCUT2D eigenvalue weighted by Crippen LogP contribution is 2.25. The monoisotopic (exact) mass is 377 g/mol. The van der Waals surface area contributed by atoms with Gasteiger partial charge in [0.2, 0.25) is 0 Å². The van der Waals surface area contributed by atoms with Gasteiger partial charge in [-0.05, 0) is 26.0 Å². The summed E-state index contributed by atoms with van der Waals surface area (Å²) in [5.74, 6) is 0.222. The highest BCUT2D eigenvalue weighted by molar-refractivity contribution is 6.35. The summed E-state index contributed by atoms with van der Waals surface area (Å²) in [5.41, 5.74) is 2.83. The molecule has 0 fully saturated rings. The Balaban J connectivity index is 1.77. The van der Waals surface area contributed by atoms with Crippen molar-refractivity contribution in [3.63, 3.8) is 0 Å². The molecule has 1 aromatic carbocycles. The number of anilines is 1. The molecule has 3 rings (SSSR count). The molecule has 0 saturated carbocycles. The van der Waals surface area contributed by atoms with Gasteiger partial charge in [-0.2, -0.15) is 10.2 Å². The van der Waals surface area contributed by atoms with Gasteiger partial charge in [-0.1, -0.05) is 29.3 Å². The fraction of sp³-hybridized carbons (Fsp3) is 0.235. The molecule has 0 unspecified atom stereocenters. The van der Waals surface area contributed by atoms with Crippen LogP contribution in [-0.2, 0) is 13.6 Å². The zero-order valence-corrected chi connectivity index (χ0v) is 15.6. The first-order valence-electron chi connectivity index (χ1n) is 7.64. The van der Waals surface area contributed by atoms with Gasteiger partial charge in [0.15, 0.2) is 5.82 Å². The van der Waals surface area contributed by atoms with Crippen LogP contribution in [-0.4, -0.2) is 25.5 Å². The summed E-state index contributed by atoms with van der Waals surface area (Å²) in [7, 11) is 1.81. The minimum Gasteiger partial charge on any atom is -0.305 e. The fourth-order valence-electron chi connectivity index (χ4n) is 2.64. The van der Waals surface area contributed by atoms with E-state index >= 15 is 0 Å². The zero-order chi connectivity index (χ0) is 18.1. The van der Waals surface area contributed by atoms with E-state index in [0.717, 1.165) is 11.3 Å². The predicted molar refractivity (Wildman–Crippen MR) is 98.4 cm³/mol. The molecule has 25 heavy (non-hydrogen) atoms. The van der Waals surface area contributed by atoms with Crippen LogP contribution in [0.1, 0.15) is 27.3 Å². The third-order valence-corrected chi connectivity index (χ3v) is 4.71. The summed E-state index contributed by atoms with van der Waals surface area (Å²) < 4.78 is 3.36. The summed E-state index contributed by atoms with van der Waals surface area (Å²) in [4.78, 5) is 12.5. The van der Waals surface area contributed by atoms with Gasteiger partial charge in [-0.15, -0.1) is 0 Å². The molecule has 0 radical (unpaired) electrons. The Bertz CT molecular complexity index is 924. The summed E-state index contributed by atoms with van der Waals surface area (Å²) in [6.45, 7) is 4.08. The van der Waals surface area contributed by atoms with Crippen LogP contribution >= 0.6 is 23.2 Å². The van der Waals surface area contributed by atoms with E-state index in [4.69, 9.17) is 23.2 Å². The van der Waals surface area contributed by atoms with Crippen LogP contribution in [0, 0.1) is 13.8 Å². The molecule has 130 valence electrons. The van der Waals surface area contributed by atoms with Crippen LogP contribution in [0.15, 0.2) is 30.5 Å². The topological polar surface area (TPSA) is 64.7 Å². The van der Waals surface area contributed by atoms with Crippen molar-refractivity contribution < 1.29 is 4.79 Å². The van der Waals surface area contributed by atoms with Crippen molar-refractivity contribution in [1.82, 2.24) is 19.6 Å². The summed E-state index contributed by atoms with van der Waals surface area (Å²) in [6, 6.07) is 7.08. The number of aromatic nitrogens is 4. The number of amides is 1. The van der Waals surface area contributed by atoms with Crippen LogP contribution in [0.2, 0.25) is 10.0 Å². The maximum absolute atomic E-state index is 12.5. The third kappa shape index (κ3) is 3.55. The number of rotatable bonds is 4. The summed E-state index contributed by atoms with van der Waals surface area (Å²) >= 11 is 12.4. The van der Waals surface area contributed by atoms with E-state index in [2.05, 4.69) is 15.5 Å². The van der Waals surface area contributed by atoms with Gasteiger partial charge >= 0.3 is 0 Å². The number of carbonyl (C=O) groups is 1. The lowest BCUT2D eigenvalue weighted by Crippen LogP contribution is -2.15. The van der Waals surface area contributed by atoms with Crippen LogP contribution in [0.4, 0.5) is 5.82 Å². The van der Waals surface area contributed by atoms with Gasteiger partial charge in [0.25, 0.3) is 5.91 Å². The number of nitrogens with one attached hydrogen (secondary N) is 1. The smallest absolute Gasteiger partial charge is 0.260 e. The van der Waals surface area contributed by atoms with Crippen molar-refractivity contribution in [3.8, 4) is 0 Å². The van der Waals surface area contributed by atoms with E-state index in [1.165, 1.54) is 0 Å². The molecule has 0 atom stereocenters. The van der Waals surface area contributed by atoms with Crippen LogP contribution in [0.25, 0.3) is 0 Å². The molecule has 0 bridgehead atoms. The number of halogens is 2. The Morgan fingerprint density at radius 1 is 1.16 bits per heavy atom. The third-order valence-electron chi connectivity index (χ3n) is 4.00. The Morgan fingerprint density at radius 3 is 2.44 bits per heavy atom. The molecule has 2 heterocycles. The molecule has 0 aliphatic heterocycles. The second-order valence-electron chi connectivity index (χ2n) is 5.72. The molecule has 8 heteroatoms. The first-order valence-corrected chi connectivity index (χ1v) is 8.40. The number of hydrogen-bond acceptors (Lipinski definition) is 3. The zero-order valence-electron chi connectivity index (χ0n) is 14.0. The van der Waals surface area contributed by atoms with Crippen molar-refractivity contribution >= 4 is 34.9 Å². The largest absolute Gasteiger partial charge is 0.305 e. The van der Waals surface area contributed by atoms with Gasteiger partial charge < -0.3 is 5.32 Å². The standard InChI is InChI=1S/C17H17Cl2N5O/c1-10-16(11(2)23(3)21-10)17(25)20-15-7-8-24(22-15)9-12-13(18)5-4-6-14(12)19/h4-8H,9H2,1-3H3,(H,20,22,25). The first-order chi connectivity index (χ1) is 11.9. The van der Waals surface area contributed by atoms with E-state index in [0.29, 0.717) is 33.7 Å². The van der Waals surface area contributed by atoms with Crippen molar-refractivity contribution in [2.24, 2.45) is 7.05 Å². The van der Waals surface area contributed by atoms with Crippen LogP contribution < -0.4 is 5.32 Å². The van der Waals surface area contributed by atoms with Crippen molar-refractivity contribution in [1.29, 1.82) is 0 Å². The van der Waals surface area contributed by atoms with E-state index < -0.39 is 0 Å². The Labute approximate surface area is 155 Å². The van der Waals surface area contributed by atoms with E-state index in [1.54, 1.807) is 53.8 Å². The van der Waals surface area contributed by atoms with Gasteiger partial charge in [0.1, 0.15) is 0 Å².